The van der Waals surface area contributed by atoms with Crippen LogP contribution in [0.2, 0.25) is 5.02 Å². The molecule has 0 aliphatic carbocycles. The fraction of sp³-hybridized carbons (Fsp3) is 0.357. The van der Waals surface area contributed by atoms with Gasteiger partial charge in [-0.3, -0.25) is 0 Å². The summed E-state index contributed by atoms with van der Waals surface area (Å²) in [7, 11) is 0. The summed E-state index contributed by atoms with van der Waals surface area (Å²) in [6, 6.07) is 4.73. The summed E-state index contributed by atoms with van der Waals surface area (Å²) < 4.78 is 13.7. The topological polar surface area (TPSA) is 38.9 Å². The van der Waals surface area contributed by atoms with Crippen LogP contribution < -0.4 is 5.73 Å². The molecule has 2 nitrogen and oxygen atoms in total. The average Bonchev–Trinajstić information content (AvgIpc) is 2.77. The van der Waals surface area contributed by atoms with Gasteiger partial charge in [0.05, 0.1) is 10.7 Å². The number of rotatable bonds is 5. The van der Waals surface area contributed by atoms with E-state index in [0.717, 1.165) is 28.4 Å². The molecule has 0 aliphatic heterocycles. The molecule has 1 aromatic heterocycles. The number of thiazole rings is 1. The van der Waals surface area contributed by atoms with Gasteiger partial charge in [0, 0.05) is 28.4 Å². The molecule has 0 bridgehead atoms. The van der Waals surface area contributed by atoms with E-state index in [4.69, 9.17) is 17.3 Å². The molecule has 0 aliphatic rings. The van der Waals surface area contributed by atoms with Crippen LogP contribution in [0, 0.1) is 5.82 Å². The minimum absolute atomic E-state index is 0.283. The van der Waals surface area contributed by atoms with Crippen molar-refractivity contribution in [1.82, 2.24) is 4.98 Å². The molecule has 0 saturated carbocycles. The summed E-state index contributed by atoms with van der Waals surface area (Å²) in [5, 5.41) is 1.32. The maximum Gasteiger partial charge on any atom is 0.128 e. The molecule has 2 N–H and O–H groups in total. The molecule has 102 valence electrons. The van der Waals surface area contributed by atoms with Crippen LogP contribution in [-0.4, -0.2) is 4.98 Å². The summed E-state index contributed by atoms with van der Waals surface area (Å²) in [6.45, 7) is 2.59. The van der Waals surface area contributed by atoms with Crippen molar-refractivity contribution in [2.45, 2.75) is 32.7 Å². The molecule has 0 fully saturated rings. The summed E-state index contributed by atoms with van der Waals surface area (Å²) >= 11 is 7.58. The van der Waals surface area contributed by atoms with Gasteiger partial charge in [0.15, 0.2) is 0 Å². The normalized spacial score (nSPS) is 10.9. The third kappa shape index (κ3) is 3.32. The Morgan fingerprint density at radius 2 is 2.21 bits per heavy atom. The monoisotopic (exact) mass is 298 g/mol. The van der Waals surface area contributed by atoms with Gasteiger partial charge in [0.1, 0.15) is 5.82 Å². The van der Waals surface area contributed by atoms with Crippen molar-refractivity contribution in [2.24, 2.45) is 5.73 Å². The van der Waals surface area contributed by atoms with E-state index < -0.39 is 0 Å². The molecule has 0 unspecified atom stereocenters. The highest BCUT2D eigenvalue weighted by Gasteiger charge is 2.13. The van der Waals surface area contributed by atoms with E-state index in [9.17, 15) is 4.39 Å². The van der Waals surface area contributed by atoms with Crippen molar-refractivity contribution in [1.29, 1.82) is 0 Å². The molecule has 1 aromatic carbocycles. The first-order valence-electron chi connectivity index (χ1n) is 6.26. The van der Waals surface area contributed by atoms with Gasteiger partial charge in [-0.05, 0) is 18.6 Å². The lowest BCUT2D eigenvalue weighted by Crippen LogP contribution is -1.98. The number of hydrogen-bond acceptors (Lipinski definition) is 3. The maximum atomic E-state index is 13.7. The summed E-state index contributed by atoms with van der Waals surface area (Å²) in [5.41, 5.74) is 7.26. The lowest BCUT2D eigenvalue weighted by molar-refractivity contribution is 0.614. The van der Waals surface area contributed by atoms with E-state index in [1.165, 1.54) is 6.07 Å². The van der Waals surface area contributed by atoms with Gasteiger partial charge in [-0.2, -0.15) is 0 Å². The second kappa shape index (κ2) is 6.46. The Labute approximate surface area is 121 Å². The lowest BCUT2D eigenvalue weighted by atomic mass is 10.1. The number of aryl methyl sites for hydroxylation is 1. The van der Waals surface area contributed by atoms with Crippen molar-refractivity contribution in [2.75, 3.05) is 0 Å². The Kier molecular flexibility index (Phi) is 4.91. The zero-order valence-corrected chi connectivity index (χ0v) is 12.3. The number of nitrogens with zero attached hydrogens (tertiary/aromatic N) is 1. The second-order valence-electron chi connectivity index (χ2n) is 4.31. The molecule has 0 amide bonds. The van der Waals surface area contributed by atoms with Crippen LogP contribution in [0.1, 0.15) is 34.5 Å². The fourth-order valence-corrected chi connectivity index (χ4v) is 3.19. The van der Waals surface area contributed by atoms with Crippen molar-refractivity contribution >= 4 is 22.9 Å². The predicted octanol–water partition coefficient (Wildman–Crippen LogP) is 3.94. The largest absolute Gasteiger partial charge is 0.326 e. The van der Waals surface area contributed by atoms with Crippen LogP contribution in [0.15, 0.2) is 18.2 Å². The van der Waals surface area contributed by atoms with Gasteiger partial charge < -0.3 is 5.73 Å². The van der Waals surface area contributed by atoms with Crippen LogP contribution in [-0.2, 0) is 19.4 Å². The standard InChI is InChI=1S/C14H16ClFN2S/c1-2-4-12-13(8-17)19-14(18-12)7-9-10(15)5-3-6-11(9)16/h3,5-6H,2,4,7-8,17H2,1H3. The molecule has 2 rings (SSSR count). The minimum atomic E-state index is -0.283. The van der Waals surface area contributed by atoms with Gasteiger partial charge in [0.25, 0.3) is 0 Å². The molecular weight excluding hydrogens is 283 g/mol. The summed E-state index contributed by atoms with van der Waals surface area (Å²) in [6.07, 6.45) is 2.36. The van der Waals surface area contributed by atoms with E-state index >= 15 is 0 Å². The molecule has 0 saturated heterocycles. The van der Waals surface area contributed by atoms with Crippen molar-refractivity contribution < 1.29 is 4.39 Å². The molecule has 0 atom stereocenters. The minimum Gasteiger partial charge on any atom is -0.326 e. The van der Waals surface area contributed by atoms with E-state index in [1.807, 2.05) is 0 Å². The lowest BCUT2D eigenvalue weighted by Gasteiger charge is -2.02. The molecular formula is C14H16ClFN2S. The van der Waals surface area contributed by atoms with E-state index in [0.29, 0.717) is 23.6 Å². The molecule has 5 heteroatoms. The Morgan fingerprint density at radius 3 is 2.84 bits per heavy atom. The van der Waals surface area contributed by atoms with Crippen molar-refractivity contribution in [3.05, 3.63) is 50.2 Å². The molecule has 1 heterocycles. The van der Waals surface area contributed by atoms with Crippen LogP contribution in [0.25, 0.3) is 0 Å². The van der Waals surface area contributed by atoms with Crippen molar-refractivity contribution in [3.8, 4) is 0 Å². The van der Waals surface area contributed by atoms with Crippen LogP contribution in [0.3, 0.4) is 0 Å². The number of hydrogen-bond donors (Lipinski definition) is 1. The fourth-order valence-electron chi connectivity index (χ4n) is 1.96. The Bertz CT molecular complexity index is 548. The van der Waals surface area contributed by atoms with Crippen molar-refractivity contribution in [3.63, 3.8) is 0 Å². The van der Waals surface area contributed by atoms with Crippen LogP contribution in [0.4, 0.5) is 4.39 Å². The molecule has 0 radical (unpaired) electrons. The highest BCUT2D eigenvalue weighted by atomic mass is 35.5. The molecule has 2 aromatic rings. The van der Waals surface area contributed by atoms with E-state index in [-0.39, 0.29) is 5.82 Å². The first-order chi connectivity index (χ1) is 9.15. The first kappa shape index (κ1) is 14.4. The third-order valence-corrected chi connectivity index (χ3v) is 4.36. The predicted molar refractivity (Wildman–Crippen MR) is 78.2 cm³/mol. The Balaban J connectivity index is 2.28. The SMILES string of the molecule is CCCc1nc(Cc2c(F)cccc2Cl)sc1CN. The van der Waals surface area contributed by atoms with Crippen LogP contribution >= 0.6 is 22.9 Å². The zero-order chi connectivity index (χ0) is 13.8. The highest BCUT2D eigenvalue weighted by Crippen LogP contribution is 2.26. The maximum absolute atomic E-state index is 13.7. The number of nitrogens with two attached hydrogens (primary N) is 1. The Hall–Kier alpha value is -0.970. The van der Waals surface area contributed by atoms with Gasteiger partial charge in [-0.15, -0.1) is 11.3 Å². The number of benzene rings is 1. The number of halogens is 2. The Morgan fingerprint density at radius 1 is 1.42 bits per heavy atom. The summed E-state index contributed by atoms with van der Waals surface area (Å²) in [4.78, 5) is 5.65. The smallest absolute Gasteiger partial charge is 0.128 e. The van der Waals surface area contributed by atoms with E-state index in [2.05, 4.69) is 11.9 Å². The second-order valence-corrected chi connectivity index (χ2v) is 5.88. The van der Waals surface area contributed by atoms with Gasteiger partial charge in [-0.1, -0.05) is 31.0 Å². The van der Waals surface area contributed by atoms with Gasteiger partial charge in [0.2, 0.25) is 0 Å². The number of aromatic nitrogens is 1. The zero-order valence-electron chi connectivity index (χ0n) is 10.7. The third-order valence-electron chi connectivity index (χ3n) is 2.88. The van der Waals surface area contributed by atoms with Crippen LogP contribution in [0.5, 0.6) is 0 Å². The first-order valence-corrected chi connectivity index (χ1v) is 7.45. The molecule has 0 spiro atoms. The van der Waals surface area contributed by atoms with Gasteiger partial charge >= 0.3 is 0 Å². The molecule has 19 heavy (non-hydrogen) atoms. The highest BCUT2D eigenvalue weighted by molar-refractivity contribution is 7.11. The van der Waals surface area contributed by atoms with Gasteiger partial charge in [-0.25, -0.2) is 9.37 Å². The van der Waals surface area contributed by atoms with E-state index in [1.54, 1.807) is 23.5 Å². The quantitative estimate of drug-likeness (QED) is 0.908. The average molecular weight is 299 g/mol. The summed E-state index contributed by atoms with van der Waals surface area (Å²) in [5.74, 6) is -0.283.